The molecule has 6 heteroatoms. The number of amides is 1. The van der Waals surface area contributed by atoms with E-state index in [1.54, 1.807) is 23.5 Å². The van der Waals surface area contributed by atoms with Crippen LogP contribution < -0.4 is 5.73 Å². The van der Waals surface area contributed by atoms with Gasteiger partial charge in [-0.3, -0.25) is 9.59 Å². The molecule has 0 radical (unpaired) electrons. The van der Waals surface area contributed by atoms with Crippen molar-refractivity contribution in [3.63, 3.8) is 0 Å². The Kier molecular flexibility index (Phi) is 5.75. The van der Waals surface area contributed by atoms with Crippen molar-refractivity contribution in [2.24, 2.45) is 5.73 Å². The van der Waals surface area contributed by atoms with Crippen molar-refractivity contribution in [3.05, 3.63) is 55.7 Å². The van der Waals surface area contributed by atoms with Crippen LogP contribution in [0.25, 0.3) is 0 Å². The number of hydrogen-bond donors (Lipinski definition) is 1. The molecule has 27 heavy (non-hydrogen) atoms. The number of likely N-dealkylation sites (N-methyl/N-ethyl adjacent to an activating group) is 1. The van der Waals surface area contributed by atoms with Crippen LogP contribution in [0, 0.1) is 0 Å². The van der Waals surface area contributed by atoms with Crippen molar-refractivity contribution < 1.29 is 14.1 Å². The Morgan fingerprint density at radius 2 is 1.85 bits per heavy atom. The number of thiophene rings is 1. The summed E-state index contributed by atoms with van der Waals surface area (Å²) in [5.74, 6) is -0.327. The van der Waals surface area contributed by atoms with Gasteiger partial charge in [0.25, 0.3) is 0 Å². The number of carbonyl (C=O) groups is 2. The lowest BCUT2D eigenvalue weighted by Crippen LogP contribution is -2.47. The fourth-order valence-corrected chi connectivity index (χ4v) is 5.35. The molecule has 1 unspecified atom stereocenters. The molecule has 1 atom stereocenters. The maximum Gasteiger partial charge on any atom is 0.250 e. The quantitative estimate of drug-likeness (QED) is 0.748. The monoisotopic (exact) mass is 405 g/mol. The van der Waals surface area contributed by atoms with Gasteiger partial charge < -0.3 is 10.2 Å². The second-order valence-electron chi connectivity index (χ2n) is 8.20. The number of hydrogen-bond acceptors (Lipinski definition) is 3. The number of carbonyl (C=O) groups excluding carboxylic acids is 2. The molecule has 1 aliphatic carbocycles. The number of quaternary nitrogens is 1. The largest absolute Gasteiger partial charge is 0.366 e. The molecule has 0 bridgehead atoms. The minimum Gasteiger partial charge on any atom is -0.366 e. The van der Waals surface area contributed by atoms with Gasteiger partial charge >= 0.3 is 0 Å². The van der Waals surface area contributed by atoms with Crippen LogP contribution >= 0.6 is 22.9 Å². The molecule has 1 aromatic carbocycles. The number of ketones is 1. The van der Waals surface area contributed by atoms with E-state index in [4.69, 9.17) is 17.3 Å². The summed E-state index contributed by atoms with van der Waals surface area (Å²) < 4.78 is 0.897. The SMILES string of the molecule is C[N+](C)(C)C1CCc2c(sc(CC(=O)Cc3ccc(Cl)cc3)c2C(N)=O)C1. The summed E-state index contributed by atoms with van der Waals surface area (Å²) in [4.78, 5) is 26.8. The maximum absolute atomic E-state index is 12.6. The summed E-state index contributed by atoms with van der Waals surface area (Å²) in [5.41, 5.74) is 8.29. The lowest BCUT2D eigenvalue weighted by molar-refractivity contribution is -0.896. The highest BCUT2D eigenvalue weighted by Crippen LogP contribution is 2.36. The van der Waals surface area contributed by atoms with Crippen LogP contribution in [0.15, 0.2) is 24.3 Å². The Balaban J connectivity index is 1.81. The van der Waals surface area contributed by atoms with E-state index in [0.29, 0.717) is 23.0 Å². The second-order valence-corrected chi connectivity index (χ2v) is 9.82. The highest BCUT2D eigenvalue weighted by atomic mass is 35.5. The molecular formula is C21H26ClN2O2S+. The van der Waals surface area contributed by atoms with E-state index in [9.17, 15) is 9.59 Å². The van der Waals surface area contributed by atoms with Crippen molar-refractivity contribution in [2.75, 3.05) is 21.1 Å². The zero-order valence-electron chi connectivity index (χ0n) is 16.0. The van der Waals surface area contributed by atoms with E-state index in [2.05, 4.69) is 21.1 Å². The summed E-state index contributed by atoms with van der Waals surface area (Å²) in [6, 6.07) is 7.82. The molecule has 1 aromatic heterocycles. The van der Waals surface area contributed by atoms with Gasteiger partial charge in [-0.25, -0.2) is 0 Å². The lowest BCUT2D eigenvalue weighted by Gasteiger charge is -2.36. The standard InChI is InChI=1S/C21H25ClN2O2S/c1-24(2,3)15-8-9-17-18(11-15)27-19(20(17)21(23)26)12-16(25)10-13-4-6-14(22)7-5-13/h4-7,15H,8-12H2,1-3H3,(H-,23,26)/p+1. The zero-order chi connectivity index (χ0) is 19.8. The lowest BCUT2D eigenvalue weighted by atomic mass is 9.89. The average Bonchev–Trinajstić information content (AvgIpc) is 2.93. The third kappa shape index (κ3) is 4.60. The third-order valence-corrected chi connectivity index (χ3v) is 6.83. The Bertz CT molecular complexity index is 866. The Morgan fingerprint density at radius 1 is 1.19 bits per heavy atom. The first-order chi connectivity index (χ1) is 12.6. The van der Waals surface area contributed by atoms with Crippen molar-refractivity contribution in [3.8, 4) is 0 Å². The van der Waals surface area contributed by atoms with Crippen LogP contribution in [0.3, 0.4) is 0 Å². The number of nitrogens with zero attached hydrogens (tertiary/aromatic N) is 1. The van der Waals surface area contributed by atoms with E-state index in [0.717, 1.165) is 39.7 Å². The van der Waals surface area contributed by atoms with Gasteiger partial charge in [0.15, 0.2) is 0 Å². The molecular weight excluding hydrogens is 380 g/mol. The number of primary amides is 1. The van der Waals surface area contributed by atoms with Gasteiger partial charge in [-0.05, 0) is 29.7 Å². The number of fused-ring (bicyclic) bond motifs is 1. The first-order valence-corrected chi connectivity index (χ1v) is 10.3. The van der Waals surface area contributed by atoms with Gasteiger partial charge in [0.2, 0.25) is 5.91 Å². The number of rotatable bonds is 6. The highest BCUT2D eigenvalue weighted by Gasteiger charge is 2.33. The Morgan fingerprint density at radius 3 is 2.44 bits per heavy atom. The van der Waals surface area contributed by atoms with Crippen molar-refractivity contribution in [2.45, 2.75) is 38.1 Å². The summed E-state index contributed by atoms with van der Waals surface area (Å²) >= 11 is 7.50. The van der Waals surface area contributed by atoms with E-state index >= 15 is 0 Å². The van der Waals surface area contributed by atoms with E-state index < -0.39 is 5.91 Å². The molecule has 1 heterocycles. The van der Waals surface area contributed by atoms with E-state index in [-0.39, 0.29) is 12.2 Å². The predicted octanol–water partition coefficient (Wildman–Crippen LogP) is 3.42. The molecule has 0 fully saturated rings. The molecule has 4 nitrogen and oxygen atoms in total. The normalized spacial score (nSPS) is 16.8. The molecule has 0 saturated carbocycles. The van der Waals surface area contributed by atoms with Crippen molar-refractivity contribution in [1.29, 1.82) is 0 Å². The summed E-state index contributed by atoms with van der Waals surface area (Å²) in [5, 5.41) is 0.653. The van der Waals surface area contributed by atoms with Gasteiger partial charge in [-0.15, -0.1) is 11.3 Å². The first-order valence-electron chi connectivity index (χ1n) is 9.15. The molecule has 1 amide bonds. The van der Waals surface area contributed by atoms with Gasteiger partial charge in [-0.2, -0.15) is 0 Å². The summed E-state index contributed by atoms with van der Waals surface area (Å²) in [6.45, 7) is 0. The molecule has 1 aliphatic rings. The predicted molar refractivity (Wildman–Crippen MR) is 111 cm³/mol. The summed E-state index contributed by atoms with van der Waals surface area (Å²) in [7, 11) is 6.61. The molecule has 2 N–H and O–H groups in total. The van der Waals surface area contributed by atoms with Gasteiger partial charge in [0, 0.05) is 40.5 Å². The van der Waals surface area contributed by atoms with E-state index in [1.165, 1.54) is 4.88 Å². The smallest absolute Gasteiger partial charge is 0.250 e. The van der Waals surface area contributed by atoms with Gasteiger partial charge in [0.05, 0.1) is 32.7 Å². The number of halogens is 1. The zero-order valence-corrected chi connectivity index (χ0v) is 17.6. The third-order valence-electron chi connectivity index (χ3n) is 5.33. The van der Waals surface area contributed by atoms with Crippen LogP contribution in [-0.4, -0.2) is 43.4 Å². The fraction of sp³-hybridized carbons (Fsp3) is 0.429. The second kappa shape index (κ2) is 7.74. The Labute approximate surface area is 169 Å². The topological polar surface area (TPSA) is 60.2 Å². The van der Waals surface area contributed by atoms with E-state index in [1.807, 2.05) is 12.1 Å². The van der Waals surface area contributed by atoms with Crippen molar-refractivity contribution >= 4 is 34.6 Å². The first kappa shape index (κ1) is 20.1. The highest BCUT2D eigenvalue weighted by molar-refractivity contribution is 7.12. The number of nitrogens with two attached hydrogens (primary N) is 1. The summed E-state index contributed by atoms with van der Waals surface area (Å²) in [6.07, 6.45) is 3.42. The van der Waals surface area contributed by atoms with Crippen LogP contribution in [0.2, 0.25) is 5.02 Å². The minimum absolute atomic E-state index is 0.0848. The van der Waals surface area contributed by atoms with Crippen LogP contribution in [0.5, 0.6) is 0 Å². The number of benzene rings is 1. The minimum atomic E-state index is -0.412. The Hall–Kier alpha value is -1.69. The molecule has 144 valence electrons. The molecule has 0 saturated heterocycles. The van der Waals surface area contributed by atoms with Crippen LogP contribution in [0.1, 0.15) is 37.7 Å². The maximum atomic E-state index is 12.6. The number of Topliss-reactive ketones (excluding diaryl/α,β-unsaturated/α-hetero) is 1. The fourth-order valence-electron chi connectivity index (χ4n) is 3.77. The molecule has 0 spiro atoms. The molecule has 0 aliphatic heterocycles. The average molecular weight is 406 g/mol. The van der Waals surface area contributed by atoms with Crippen LogP contribution in [-0.2, 0) is 30.5 Å². The van der Waals surface area contributed by atoms with Crippen LogP contribution in [0.4, 0.5) is 0 Å². The van der Waals surface area contributed by atoms with Crippen molar-refractivity contribution in [1.82, 2.24) is 0 Å². The van der Waals surface area contributed by atoms with Gasteiger partial charge in [-0.1, -0.05) is 23.7 Å². The molecule has 2 aromatic rings. The van der Waals surface area contributed by atoms with Gasteiger partial charge in [0.1, 0.15) is 5.78 Å². The molecule has 3 rings (SSSR count).